The molecule has 1 aliphatic rings. The van der Waals surface area contributed by atoms with E-state index in [4.69, 9.17) is 0 Å². The molecule has 1 aromatic carbocycles. The van der Waals surface area contributed by atoms with E-state index in [1.165, 1.54) is 15.6 Å². The zero-order valence-corrected chi connectivity index (χ0v) is 12.5. The van der Waals surface area contributed by atoms with Gasteiger partial charge in [0.2, 0.25) is 0 Å². The summed E-state index contributed by atoms with van der Waals surface area (Å²) < 4.78 is 29.4. The minimum absolute atomic E-state index is 0.242. The molecule has 2 aromatic rings. The maximum atomic E-state index is 12.1. The maximum Gasteiger partial charge on any atom is 0.279 e. The van der Waals surface area contributed by atoms with Gasteiger partial charge in [-0.3, -0.25) is 0 Å². The van der Waals surface area contributed by atoms with Crippen LogP contribution in [0.25, 0.3) is 10.2 Å². The summed E-state index contributed by atoms with van der Waals surface area (Å²) in [6.07, 6.45) is 0. The monoisotopic (exact) mass is 312 g/mol. The number of nitrogens with zero attached hydrogens (tertiary/aromatic N) is 2. The molecular weight excluding hydrogens is 296 g/mol. The van der Waals surface area contributed by atoms with E-state index in [2.05, 4.69) is 15.0 Å². The molecule has 0 atom stereocenters. The number of benzene rings is 1. The molecule has 0 amide bonds. The summed E-state index contributed by atoms with van der Waals surface area (Å²) in [7, 11) is -3.41. The lowest BCUT2D eigenvalue weighted by Gasteiger charge is -2.26. The van der Waals surface area contributed by atoms with Crippen LogP contribution in [0.4, 0.5) is 0 Å². The summed E-state index contributed by atoms with van der Waals surface area (Å²) in [6.45, 7) is 2.65. The first-order valence-electron chi connectivity index (χ1n) is 6.45. The van der Waals surface area contributed by atoms with Crippen molar-refractivity contribution in [3.63, 3.8) is 0 Å². The van der Waals surface area contributed by atoms with Gasteiger partial charge in [0.05, 0.1) is 16.8 Å². The number of nitrogens with one attached hydrogen (secondary N) is 2. The van der Waals surface area contributed by atoms with Crippen molar-refractivity contribution in [3.8, 4) is 0 Å². The number of piperazine rings is 1. The molecule has 2 heterocycles. The Morgan fingerprint density at radius 2 is 2.05 bits per heavy atom. The number of rotatable bonds is 4. The summed E-state index contributed by atoms with van der Waals surface area (Å²) in [5.74, 6) is 0. The Kier molecular flexibility index (Phi) is 3.99. The number of hydrogen-bond donors (Lipinski definition) is 2. The molecule has 0 bridgehead atoms. The first kappa shape index (κ1) is 13.9. The van der Waals surface area contributed by atoms with Crippen molar-refractivity contribution in [3.05, 3.63) is 29.3 Å². The van der Waals surface area contributed by atoms with Crippen LogP contribution in [0, 0.1) is 0 Å². The van der Waals surface area contributed by atoms with E-state index in [9.17, 15) is 8.42 Å². The number of thiazole rings is 1. The minimum Gasteiger partial charge on any atom is -0.314 e. The fourth-order valence-corrected chi connectivity index (χ4v) is 4.29. The largest absolute Gasteiger partial charge is 0.314 e. The predicted molar refractivity (Wildman–Crippen MR) is 79.8 cm³/mol. The van der Waals surface area contributed by atoms with Crippen LogP contribution in [0.2, 0.25) is 0 Å². The van der Waals surface area contributed by atoms with E-state index in [1.807, 2.05) is 24.3 Å². The highest BCUT2D eigenvalue weighted by molar-refractivity contribution is 7.87. The lowest BCUT2D eigenvalue weighted by molar-refractivity contribution is 0.354. The molecular formula is C12H16N4O2S2. The highest BCUT2D eigenvalue weighted by Crippen LogP contribution is 2.21. The first-order valence-corrected chi connectivity index (χ1v) is 8.71. The zero-order chi connectivity index (χ0) is 14.0. The van der Waals surface area contributed by atoms with Gasteiger partial charge >= 0.3 is 0 Å². The summed E-state index contributed by atoms with van der Waals surface area (Å²) in [5, 5.41) is 3.92. The Hall–Kier alpha value is -1.06. The molecule has 20 heavy (non-hydrogen) atoms. The van der Waals surface area contributed by atoms with Crippen molar-refractivity contribution in [1.82, 2.24) is 19.3 Å². The van der Waals surface area contributed by atoms with Gasteiger partial charge in [-0.1, -0.05) is 12.1 Å². The molecule has 1 aliphatic heterocycles. The average Bonchev–Trinajstić information content (AvgIpc) is 2.89. The van der Waals surface area contributed by atoms with E-state index in [-0.39, 0.29) is 6.54 Å². The van der Waals surface area contributed by atoms with Gasteiger partial charge in [0.15, 0.2) is 0 Å². The second-order valence-electron chi connectivity index (χ2n) is 4.55. The minimum atomic E-state index is -3.41. The van der Waals surface area contributed by atoms with Crippen molar-refractivity contribution in [2.45, 2.75) is 6.54 Å². The summed E-state index contributed by atoms with van der Waals surface area (Å²) in [4.78, 5) is 4.42. The molecule has 0 unspecified atom stereocenters. The van der Waals surface area contributed by atoms with Crippen molar-refractivity contribution < 1.29 is 8.42 Å². The first-order chi connectivity index (χ1) is 9.65. The molecule has 2 N–H and O–H groups in total. The second kappa shape index (κ2) is 5.74. The fourth-order valence-electron chi connectivity index (χ4n) is 2.12. The predicted octanol–water partition coefficient (Wildman–Crippen LogP) is 0.536. The lowest BCUT2D eigenvalue weighted by atomic mass is 10.3. The molecule has 8 heteroatoms. The van der Waals surface area contributed by atoms with E-state index in [0.717, 1.165) is 15.2 Å². The van der Waals surface area contributed by atoms with Crippen LogP contribution in [-0.2, 0) is 16.8 Å². The topological polar surface area (TPSA) is 74.3 Å². The Labute approximate surface area is 122 Å². The molecule has 108 valence electrons. The highest BCUT2D eigenvalue weighted by Gasteiger charge is 2.23. The van der Waals surface area contributed by atoms with Gasteiger partial charge < -0.3 is 5.32 Å². The standard InChI is InChI=1S/C12H16N4O2S2/c17-20(18,16-7-5-13-6-8-16)14-9-12-15-10-3-1-2-4-11(10)19-12/h1-4,13-14H,5-9H2. The third-order valence-electron chi connectivity index (χ3n) is 3.16. The third-order valence-corrected chi connectivity index (χ3v) is 5.75. The van der Waals surface area contributed by atoms with Gasteiger partial charge in [-0.05, 0) is 12.1 Å². The van der Waals surface area contributed by atoms with Crippen molar-refractivity contribution in [2.24, 2.45) is 0 Å². The van der Waals surface area contributed by atoms with Crippen LogP contribution in [0.3, 0.4) is 0 Å². The van der Waals surface area contributed by atoms with E-state index < -0.39 is 10.2 Å². The van der Waals surface area contributed by atoms with Crippen molar-refractivity contribution in [1.29, 1.82) is 0 Å². The quantitative estimate of drug-likeness (QED) is 0.864. The molecule has 6 nitrogen and oxygen atoms in total. The van der Waals surface area contributed by atoms with Crippen LogP contribution in [0.1, 0.15) is 5.01 Å². The Balaban J connectivity index is 1.68. The maximum absolute atomic E-state index is 12.1. The van der Waals surface area contributed by atoms with Gasteiger partial charge in [-0.15, -0.1) is 11.3 Å². The molecule has 1 aromatic heterocycles. The summed E-state index contributed by atoms with van der Waals surface area (Å²) in [6, 6.07) is 7.80. The van der Waals surface area contributed by atoms with Crippen LogP contribution >= 0.6 is 11.3 Å². The molecule has 1 saturated heterocycles. The lowest BCUT2D eigenvalue weighted by Crippen LogP contribution is -2.50. The molecule has 0 radical (unpaired) electrons. The Bertz CT molecular complexity index is 659. The number of aromatic nitrogens is 1. The Morgan fingerprint density at radius 1 is 1.30 bits per heavy atom. The molecule has 0 aliphatic carbocycles. The van der Waals surface area contributed by atoms with E-state index in [1.54, 1.807) is 0 Å². The normalized spacial score (nSPS) is 17.6. The summed E-state index contributed by atoms with van der Waals surface area (Å²) in [5.41, 5.74) is 0.911. The SMILES string of the molecule is O=S(=O)(NCc1nc2ccccc2s1)N1CCNCC1. The van der Waals surface area contributed by atoms with Crippen molar-refractivity contribution >= 4 is 31.8 Å². The second-order valence-corrected chi connectivity index (χ2v) is 7.42. The molecule has 0 saturated carbocycles. The van der Waals surface area contributed by atoms with Gasteiger partial charge in [-0.2, -0.15) is 17.4 Å². The van der Waals surface area contributed by atoms with Gasteiger partial charge in [0, 0.05) is 26.2 Å². The number of fused-ring (bicyclic) bond motifs is 1. The van der Waals surface area contributed by atoms with Gasteiger partial charge in [0.1, 0.15) is 5.01 Å². The average molecular weight is 312 g/mol. The summed E-state index contributed by atoms with van der Waals surface area (Å²) >= 11 is 1.52. The van der Waals surface area contributed by atoms with Gasteiger partial charge in [0.25, 0.3) is 10.2 Å². The van der Waals surface area contributed by atoms with E-state index in [0.29, 0.717) is 26.2 Å². The van der Waals surface area contributed by atoms with Gasteiger partial charge in [-0.25, -0.2) is 4.98 Å². The van der Waals surface area contributed by atoms with Crippen LogP contribution in [0.15, 0.2) is 24.3 Å². The number of hydrogen-bond acceptors (Lipinski definition) is 5. The Morgan fingerprint density at radius 3 is 2.80 bits per heavy atom. The fraction of sp³-hybridized carbons (Fsp3) is 0.417. The highest BCUT2D eigenvalue weighted by atomic mass is 32.2. The van der Waals surface area contributed by atoms with Crippen LogP contribution in [0.5, 0.6) is 0 Å². The molecule has 3 rings (SSSR count). The third kappa shape index (κ3) is 2.99. The molecule has 1 fully saturated rings. The molecule has 0 spiro atoms. The van der Waals surface area contributed by atoms with E-state index >= 15 is 0 Å². The smallest absolute Gasteiger partial charge is 0.279 e. The van der Waals surface area contributed by atoms with Crippen molar-refractivity contribution in [2.75, 3.05) is 26.2 Å². The van der Waals surface area contributed by atoms with Crippen LogP contribution < -0.4 is 10.0 Å². The number of para-hydroxylation sites is 1. The van der Waals surface area contributed by atoms with Crippen LogP contribution in [-0.4, -0.2) is 43.9 Å². The zero-order valence-electron chi connectivity index (χ0n) is 10.9.